The van der Waals surface area contributed by atoms with Gasteiger partial charge in [-0.05, 0) is 37.6 Å². The second kappa shape index (κ2) is 7.36. The van der Waals surface area contributed by atoms with Crippen molar-refractivity contribution in [3.05, 3.63) is 0 Å². The number of amides is 1. The van der Waals surface area contributed by atoms with Gasteiger partial charge in [0, 0.05) is 13.0 Å². The van der Waals surface area contributed by atoms with Crippen LogP contribution in [0.3, 0.4) is 0 Å². The molecule has 18 heavy (non-hydrogen) atoms. The molecular weight excluding hydrogens is 232 g/mol. The van der Waals surface area contributed by atoms with E-state index in [1.54, 1.807) is 0 Å². The van der Waals surface area contributed by atoms with E-state index in [0.29, 0.717) is 24.8 Å². The van der Waals surface area contributed by atoms with Crippen LogP contribution in [0.1, 0.15) is 39.5 Å². The van der Waals surface area contributed by atoms with Crippen molar-refractivity contribution in [3.8, 4) is 0 Å². The van der Waals surface area contributed by atoms with Gasteiger partial charge in [0.2, 0.25) is 5.91 Å². The summed E-state index contributed by atoms with van der Waals surface area (Å²) < 4.78 is 0. The van der Waals surface area contributed by atoms with Crippen LogP contribution in [-0.2, 0) is 9.59 Å². The molecule has 3 unspecified atom stereocenters. The number of carbonyl (C=O) groups is 2. The lowest BCUT2D eigenvalue weighted by atomic mass is 10.0. The second-order valence-corrected chi connectivity index (χ2v) is 5.32. The Morgan fingerprint density at radius 1 is 1.44 bits per heavy atom. The molecule has 1 rings (SSSR count). The molecule has 0 spiro atoms. The van der Waals surface area contributed by atoms with Gasteiger partial charge in [0.1, 0.15) is 0 Å². The van der Waals surface area contributed by atoms with Gasteiger partial charge < -0.3 is 15.7 Å². The monoisotopic (exact) mass is 256 g/mol. The fourth-order valence-electron chi connectivity index (χ4n) is 2.25. The molecule has 1 heterocycles. The van der Waals surface area contributed by atoms with Crippen LogP contribution in [0.25, 0.3) is 0 Å². The highest BCUT2D eigenvalue weighted by Gasteiger charge is 2.28. The van der Waals surface area contributed by atoms with E-state index in [1.807, 2.05) is 6.92 Å². The third-order valence-electron chi connectivity index (χ3n) is 3.60. The highest BCUT2D eigenvalue weighted by Crippen LogP contribution is 2.14. The zero-order valence-electron chi connectivity index (χ0n) is 11.2. The van der Waals surface area contributed by atoms with E-state index in [4.69, 9.17) is 5.11 Å². The van der Waals surface area contributed by atoms with Crippen molar-refractivity contribution in [2.75, 3.05) is 13.1 Å². The van der Waals surface area contributed by atoms with Crippen molar-refractivity contribution in [2.45, 2.75) is 45.6 Å². The van der Waals surface area contributed by atoms with E-state index < -0.39 is 5.97 Å². The highest BCUT2D eigenvalue weighted by molar-refractivity contribution is 5.82. The number of aliphatic carboxylic acids is 1. The lowest BCUT2D eigenvalue weighted by molar-refractivity contribution is -0.137. The number of carboxylic acids is 1. The predicted molar refractivity (Wildman–Crippen MR) is 69.2 cm³/mol. The average Bonchev–Trinajstić information content (AvgIpc) is 2.72. The van der Waals surface area contributed by atoms with Crippen molar-refractivity contribution in [3.63, 3.8) is 0 Å². The standard InChI is InChI=1S/C13H24N2O3/c1-9(3-4-11(16)17)5-7-15-13(18)12-10(2)6-8-14-12/h9-10,12,14H,3-8H2,1-2H3,(H,15,18)(H,16,17). The summed E-state index contributed by atoms with van der Waals surface area (Å²) in [5.41, 5.74) is 0. The smallest absolute Gasteiger partial charge is 0.303 e. The Bertz CT molecular complexity index is 294. The molecule has 0 radical (unpaired) electrons. The van der Waals surface area contributed by atoms with Gasteiger partial charge in [0.15, 0.2) is 0 Å². The first kappa shape index (κ1) is 15.0. The highest BCUT2D eigenvalue weighted by atomic mass is 16.4. The molecule has 1 fully saturated rings. The van der Waals surface area contributed by atoms with Crippen LogP contribution < -0.4 is 10.6 Å². The summed E-state index contributed by atoms with van der Waals surface area (Å²) in [6.45, 7) is 5.64. The van der Waals surface area contributed by atoms with Crippen LogP contribution in [0, 0.1) is 11.8 Å². The summed E-state index contributed by atoms with van der Waals surface area (Å²) in [6.07, 6.45) is 2.76. The van der Waals surface area contributed by atoms with E-state index in [2.05, 4.69) is 17.6 Å². The SMILES string of the molecule is CC(CCNC(=O)C1NCCC1C)CCC(=O)O. The molecule has 0 aromatic carbocycles. The van der Waals surface area contributed by atoms with Gasteiger partial charge in [0.05, 0.1) is 6.04 Å². The van der Waals surface area contributed by atoms with E-state index in [0.717, 1.165) is 19.4 Å². The van der Waals surface area contributed by atoms with Gasteiger partial charge in [-0.15, -0.1) is 0 Å². The third kappa shape index (κ3) is 5.04. The summed E-state index contributed by atoms with van der Waals surface area (Å²) in [6, 6.07) is -0.0562. The minimum absolute atomic E-state index is 0.0562. The molecule has 0 saturated carbocycles. The molecule has 5 nitrogen and oxygen atoms in total. The molecule has 0 aliphatic carbocycles. The molecule has 1 aliphatic heterocycles. The normalized spacial score (nSPS) is 24.8. The number of hydrogen-bond acceptors (Lipinski definition) is 3. The van der Waals surface area contributed by atoms with Crippen molar-refractivity contribution < 1.29 is 14.7 Å². The van der Waals surface area contributed by atoms with Crippen molar-refractivity contribution in [2.24, 2.45) is 11.8 Å². The molecular formula is C13H24N2O3. The van der Waals surface area contributed by atoms with Gasteiger partial charge in [-0.3, -0.25) is 9.59 Å². The molecule has 5 heteroatoms. The first-order valence-corrected chi connectivity index (χ1v) is 6.73. The zero-order valence-corrected chi connectivity index (χ0v) is 11.2. The summed E-state index contributed by atoms with van der Waals surface area (Å²) in [5.74, 6) is 0.0464. The third-order valence-corrected chi connectivity index (χ3v) is 3.60. The number of carboxylic acid groups (broad SMARTS) is 1. The van der Waals surface area contributed by atoms with Crippen LogP contribution in [-0.4, -0.2) is 36.1 Å². The van der Waals surface area contributed by atoms with Gasteiger partial charge in [0.25, 0.3) is 0 Å². The molecule has 0 bridgehead atoms. The van der Waals surface area contributed by atoms with Crippen LogP contribution in [0.4, 0.5) is 0 Å². The van der Waals surface area contributed by atoms with E-state index in [9.17, 15) is 9.59 Å². The topological polar surface area (TPSA) is 78.4 Å². The Hall–Kier alpha value is -1.10. The quantitative estimate of drug-likeness (QED) is 0.635. The Morgan fingerprint density at radius 3 is 2.72 bits per heavy atom. The van der Waals surface area contributed by atoms with Crippen LogP contribution >= 0.6 is 0 Å². The van der Waals surface area contributed by atoms with Crippen molar-refractivity contribution >= 4 is 11.9 Å². The van der Waals surface area contributed by atoms with Gasteiger partial charge in [-0.2, -0.15) is 0 Å². The minimum atomic E-state index is -0.755. The fraction of sp³-hybridized carbons (Fsp3) is 0.846. The Labute approximate surface area is 108 Å². The summed E-state index contributed by atoms with van der Waals surface area (Å²) in [7, 11) is 0. The average molecular weight is 256 g/mol. The lowest BCUT2D eigenvalue weighted by Crippen LogP contribution is -2.43. The maximum absolute atomic E-state index is 11.8. The summed E-state index contributed by atoms with van der Waals surface area (Å²) in [5, 5.41) is 14.7. The largest absolute Gasteiger partial charge is 0.481 e. The number of rotatable bonds is 7. The Kier molecular flexibility index (Phi) is 6.12. The predicted octanol–water partition coefficient (Wildman–Crippen LogP) is 0.992. The molecule has 3 N–H and O–H groups in total. The van der Waals surface area contributed by atoms with Crippen LogP contribution in [0.15, 0.2) is 0 Å². The number of hydrogen-bond donors (Lipinski definition) is 3. The number of carbonyl (C=O) groups excluding carboxylic acids is 1. The molecule has 104 valence electrons. The van der Waals surface area contributed by atoms with Crippen molar-refractivity contribution in [1.82, 2.24) is 10.6 Å². The molecule has 0 aromatic rings. The molecule has 0 aromatic heterocycles. The van der Waals surface area contributed by atoms with E-state index in [1.165, 1.54) is 0 Å². The molecule has 1 amide bonds. The molecule has 1 aliphatic rings. The van der Waals surface area contributed by atoms with Crippen LogP contribution in [0.2, 0.25) is 0 Å². The van der Waals surface area contributed by atoms with Gasteiger partial charge in [-0.25, -0.2) is 0 Å². The van der Waals surface area contributed by atoms with Gasteiger partial charge >= 0.3 is 5.97 Å². The first-order chi connectivity index (χ1) is 8.50. The summed E-state index contributed by atoms with van der Waals surface area (Å²) >= 11 is 0. The minimum Gasteiger partial charge on any atom is -0.481 e. The molecule has 1 saturated heterocycles. The first-order valence-electron chi connectivity index (χ1n) is 6.73. The fourth-order valence-corrected chi connectivity index (χ4v) is 2.25. The zero-order chi connectivity index (χ0) is 13.5. The molecule has 3 atom stereocenters. The van der Waals surface area contributed by atoms with Gasteiger partial charge in [-0.1, -0.05) is 13.8 Å². The van der Waals surface area contributed by atoms with Crippen LogP contribution in [0.5, 0.6) is 0 Å². The van der Waals surface area contributed by atoms with E-state index in [-0.39, 0.29) is 18.4 Å². The second-order valence-electron chi connectivity index (χ2n) is 5.32. The maximum Gasteiger partial charge on any atom is 0.303 e. The Morgan fingerprint density at radius 2 is 2.17 bits per heavy atom. The maximum atomic E-state index is 11.8. The Balaban J connectivity index is 2.13. The number of nitrogens with one attached hydrogen (secondary N) is 2. The van der Waals surface area contributed by atoms with E-state index >= 15 is 0 Å². The van der Waals surface area contributed by atoms with Crippen molar-refractivity contribution in [1.29, 1.82) is 0 Å². The lowest BCUT2D eigenvalue weighted by Gasteiger charge is -2.16. The summed E-state index contributed by atoms with van der Waals surface area (Å²) in [4.78, 5) is 22.3.